The van der Waals surface area contributed by atoms with Crippen LogP contribution in [0.25, 0.3) is 0 Å². The average Bonchev–Trinajstić information content (AvgIpc) is 2.23. The number of carbonyl (C=O) groups is 1. The molecule has 0 aromatic carbocycles. The van der Waals surface area contributed by atoms with Crippen molar-refractivity contribution < 1.29 is 9.22 Å². The van der Waals surface area contributed by atoms with E-state index in [-0.39, 0.29) is 22.1 Å². The molecule has 0 aliphatic heterocycles. The maximum atomic E-state index is 12.6. The summed E-state index contributed by atoms with van der Waals surface area (Å²) < 4.78 is 8.25. The van der Waals surface area contributed by atoms with Crippen LogP contribution in [-0.2, 0) is 9.22 Å². The van der Waals surface area contributed by atoms with Crippen LogP contribution in [0.2, 0.25) is 36.3 Å². The van der Waals surface area contributed by atoms with Gasteiger partial charge in [-0.3, -0.25) is 4.79 Å². The smallest absolute Gasteiger partial charge is 0.309 e. The van der Waals surface area contributed by atoms with E-state index in [1.54, 1.807) is 0 Å². The summed E-state index contributed by atoms with van der Waals surface area (Å²) in [6.07, 6.45) is 0. The molecule has 0 radical (unpaired) electrons. The molecule has 0 aliphatic carbocycles. The third-order valence-corrected chi connectivity index (χ3v) is 15.9. The van der Waals surface area contributed by atoms with E-state index in [0.717, 1.165) is 0 Å². The lowest BCUT2D eigenvalue weighted by Gasteiger charge is -2.46. The van der Waals surface area contributed by atoms with Crippen LogP contribution < -0.4 is 0 Å². The third-order valence-electron chi connectivity index (χ3n) is 5.80. The van der Waals surface area contributed by atoms with Gasteiger partial charge in [0.1, 0.15) is 8.24 Å². The van der Waals surface area contributed by atoms with Gasteiger partial charge in [0.2, 0.25) is 0 Å². The second-order valence-corrected chi connectivity index (χ2v) is 19.3. The van der Waals surface area contributed by atoms with Crippen LogP contribution in [0, 0.1) is 0 Å². The van der Waals surface area contributed by atoms with E-state index in [0.29, 0.717) is 0 Å². The lowest BCUT2D eigenvalue weighted by molar-refractivity contribution is -0.139. The summed E-state index contributed by atoms with van der Waals surface area (Å²) in [5.74, 6) is -0.0612. The van der Waals surface area contributed by atoms with Gasteiger partial charge < -0.3 is 8.99 Å². The third kappa shape index (κ3) is 4.66. The van der Waals surface area contributed by atoms with Crippen LogP contribution >= 0.6 is 0 Å². The quantitative estimate of drug-likeness (QED) is 0.689. The van der Waals surface area contributed by atoms with Crippen molar-refractivity contribution in [3.05, 3.63) is 0 Å². The van der Waals surface area contributed by atoms with Crippen molar-refractivity contribution in [2.24, 2.45) is 0 Å². The molecule has 1 unspecified atom stereocenters. The minimum absolute atomic E-state index is 0.0535. The van der Waals surface area contributed by atoms with Gasteiger partial charge in [-0.25, -0.2) is 0 Å². The first-order valence-corrected chi connectivity index (χ1v) is 13.8. The van der Waals surface area contributed by atoms with Crippen molar-refractivity contribution in [1.82, 2.24) is 4.57 Å². The Bertz CT molecular complexity index is 379. The van der Waals surface area contributed by atoms with Gasteiger partial charge in [0.05, 0.1) is 6.04 Å². The Kier molecular flexibility index (Phi) is 6.12. The molecule has 0 N–H and O–H groups in total. The molecule has 21 heavy (non-hydrogen) atoms. The highest BCUT2D eigenvalue weighted by Crippen LogP contribution is 2.40. The number of nitrogens with zero attached hydrogens (tertiary/aromatic N) is 1. The lowest BCUT2D eigenvalue weighted by Crippen LogP contribution is -2.59. The number of hydrogen-bond acceptors (Lipinski definition) is 3. The first-order chi connectivity index (χ1) is 8.95. The van der Waals surface area contributed by atoms with E-state index in [4.69, 9.17) is 4.43 Å². The first-order valence-electron chi connectivity index (χ1n) is 7.91. The van der Waals surface area contributed by atoms with Crippen molar-refractivity contribution in [1.29, 1.82) is 0 Å². The molecule has 0 aromatic rings. The van der Waals surface area contributed by atoms with Crippen molar-refractivity contribution in [2.45, 2.75) is 90.8 Å². The minimum atomic E-state index is -2.04. The molecule has 0 bridgehead atoms. The summed E-state index contributed by atoms with van der Waals surface area (Å²) in [5, 5.41) is 0.269. The highest BCUT2D eigenvalue weighted by atomic mass is 28.4. The van der Waals surface area contributed by atoms with Crippen LogP contribution in [0.1, 0.15) is 48.5 Å². The predicted molar refractivity (Wildman–Crippen MR) is 97.7 cm³/mol. The Morgan fingerprint density at radius 3 is 1.62 bits per heavy atom. The van der Waals surface area contributed by atoms with E-state index in [2.05, 4.69) is 79.3 Å². The van der Waals surface area contributed by atoms with E-state index >= 15 is 0 Å². The molecule has 0 aliphatic rings. The van der Waals surface area contributed by atoms with Crippen LogP contribution in [0.3, 0.4) is 0 Å². The normalized spacial score (nSPS) is 16.0. The van der Waals surface area contributed by atoms with Crippen LogP contribution in [-0.4, -0.2) is 40.2 Å². The van der Waals surface area contributed by atoms with Crippen LogP contribution in [0.15, 0.2) is 0 Å². The molecule has 3 nitrogen and oxygen atoms in total. The molecule has 0 spiro atoms. The van der Waals surface area contributed by atoms with E-state index < -0.39 is 16.6 Å². The molecular formula is C16H37NO2Si2. The number of likely N-dealkylation sites (N-methyl/N-ethyl adjacent to an activating group) is 1. The molecule has 0 aromatic heterocycles. The maximum absolute atomic E-state index is 12.6. The molecule has 0 rings (SSSR count). The molecule has 0 saturated carbocycles. The largest absolute Gasteiger partial charge is 0.518 e. The van der Waals surface area contributed by atoms with E-state index in [1.807, 2.05) is 6.92 Å². The number of rotatable bonds is 4. The molecule has 0 heterocycles. The zero-order valence-corrected chi connectivity index (χ0v) is 18.3. The fraction of sp³-hybridized carbons (Fsp3) is 0.938. The van der Waals surface area contributed by atoms with Gasteiger partial charge in [-0.15, -0.1) is 0 Å². The topological polar surface area (TPSA) is 29.5 Å². The molecule has 126 valence electrons. The van der Waals surface area contributed by atoms with Crippen molar-refractivity contribution in [3.8, 4) is 0 Å². The molecule has 0 saturated heterocycles. The Morgan fingerprint density at radius 2 is 1.33 bits per heavy atom. The fourth-order valence-electron chi connectivity index (χ4n) is 1.66. The monoisotopic (exact) mass is 331 g/mol. The van der Waals surface area contributed by atoms with E-state index in [1.165, 1.54) is 0 Å². The highest BCUT2D eigenvalue weighted by Gasteiger charge is 2.45. The Hall–Kier alpha value is -0.136. The molecule has 5 heteroatoms. The number of hydrogen-bond donors (Lipinski definition) is 0. The fourth-order valence-corrected chi connectivity index (χ4v) is 4.77. The maximum Gasteiger partial charge on any atom is 0.309 e. The van der Waals surface area contributed by atoms with Gasteiger partial charge in [0, 0.05) is 0 Å². The molecule has 0 fully saturated rings. The summed E-state index contributed by atoms with van der Waals surface area (Å²) in [5.41, 5.74) is 0. The first kappa shape index (κ1) is 20.9. The number of carbonyl (C=O) groups excluding carboxylic acids is 1. The average molecular weight is 332 g/mol. The Morgan fingerprint density at radius 1 is 0.952 bits per heavy atom. The van der Waals surface area contributed by atoms with Gasteiger partial charge >= 0.3 is 5.97 Å². The molecule has 0 amide bonds. The van der Waals surface area contributed by atoms with Gasteiger partial charge in [-0.1, -0.05) is 54.6 Å². The van der Waals surface area contributed by atoms with E-state index in [9.17, 15) is 4.79 Å². The highest BCUT2D eigenvalue weighted by molar-refractivity contribution is 6.78. The summed E-state index contributed by atoms with van der Waals surface area (Å²) in [6, 6.07) is -0.181. The van der Waals surface area contributed by atoms with Crippen molar-refractivity contribution >= 4 is 22.5 Å². The zero-order chi connectivity index (χ0) is 17.4. The van der Waals surface area contributed by atoms with Gasteiger partial charge in [0.25, 0.3) is 8.32 Å². The van der Waals surface area contributed by atoms with Crippen LogP contribution in [0.5, 0.6) is 0 Å². The standard InChI is InChI=1S/C16H37NO2Si2/c1-13(17(8)20(9,10)15(2,3)4)14(18)19-21(11,12)16(5,6)7/h13H,1-12H3. The predicted octanol–water partition coefficient (Wildman–Crippen LogP) is 4.86. The van der Waals surface area contributed by atoms with Crippen molar-refractivity contribution in [2.75, 3.05) is 7.05 Å². The second kappa shape index (κ2) is 6.16. The molecule has 1 atom stereocenters. The summed E-state index contributed by atoms with van der Waals surface area (Å²) in [6.45, 7) is 24.2. The summed E-state index contributed by atoms with van der Waals surface area (Å²) >= 11 is 0. The lowest BCUT2D eigenvalue weighted by atomic mass is 10.2. The zero-order valence-electron chi connectivity index (χ0n) is 16.3. The Balaban J connectivity index is 5.12. The molecular weight excluding hydrogens is 294 g/mol. The van der Waals surface area contributed by atoms with Gasteiger partial charge in [0.15, 0.2) is 0 Å². The Labute approximate surface area is 134 Å². The van der Waals surface area contributed by atoms with Crippen LogP contribution in [0.4, 0.5) is 0 Å². The second-order valence-electron chi connectivity index (χ2n) is 9.28. The SMILES string of the molecule is CC(C(=O)O[Si](C)(C)C(C)(C)C)N(C)[Si](C)(C)C(C)(C)C. The van der Waals surface area contributed by atoms with Gasteiger partial charge in [-0.05, 0) is 37.1 Å². The summed E-state index contributed by atoms with van der Waals surface area (Å²) in [7, 11) is -1.67. The summed E-state index contributed by atoms with van der Waals surface area (Å²) in [4.78, 5) is 12.6. The van der Waals surface area contributed by atoms with Crippen molar-refractivity contribution in [3.63, 3.8) is 0 Å². The van der Waals surface area contributed by atoms with Gasteiger partial charge in [-0.2, -0.15) is 0 Å². The minimum Gasteiger partial charge on any atom is -0.518 e.